The summed E-state index contributed by atoms with van der Waals surface area (Å²) in [6, 6.07) is 16.3. The number of aryl methyl sites for hydroxylation is 2. The number of piperidine rings is 2. The van der Waals surface area contributed by atoms with E-state index in [1.54, 1.807) is 0 Å². The molecular formula is C29H34N2O2. The SMILES string of the molecule is Cc1ccc(/C=C2\CN(C(=O)CCN3CCCCC3)C/C(=C\c3ccc(C)cc3)C2=O)cc1. The number of nitrogens with zero attached hydrogens (tertiary/aromatic N) is 2. The molecule has 0 aliphatic carbocycles. The van der Waals surface area contributed by atoms with Gasteiger partial charge in [-0.15, -0.1) is 0 Å². The van der Waals surface area contributed by atoms with Crippen molar-refractivity contribution in [3.8, 4) is 0 Å². The van der Waals surface area contributed by atoms with Crippen LogP contribution in [0, 0.1) is 13.8 Å². The van der Waals surface area contributed by atoms with Crippen LogP contribution >= 0.6 is 0 Å². The zero-order valence-electron chi connectivity index (χ0n) is 19.8. The summed E-state index contributed by atoms with van der Waals surface area (Å²) in [6.45, 7) is 7.82. The molecule has 0 N–H and O–H groups in total. The molecule has 1 amide bonds. The van der Waals surface area contributed by atoms with Gasteiger partial charge in [0.2, 0.25) is 5.91 Å². The van der Waals surface area contributed by atoms with Crippen LogP contribution in [-0.2, 0) is 9.59 Å². The van der Waals surface area contributed by atoms with E-state index in [1.165, 1.54) is 30.4 Å². The van der Waals surface area contributed by atoms with Gasteiger partial charge in [0.05, 0.1) is 0 Å². The van der Waals surface area contributed by atoms with Crippen LogP contribution < -0.4 is 0 Å². The molecule has 0 aromatic heterocycles. The molecule has 0 bridgehead atoms. The van der Waals surface area contributed by atoms with E-state index in [0.717, 1.165) is 30.8 Å². The minimum absolute atomic E-state index is 0.0382. The van der Waals surface area contributed by atoms with Gasteiger partial charge >= 0.3 is 0 Å². The molecule has 172 valence electrons. The number of benzene rings is 2. The van der Waals surface area contributed by atoms with Gasteiger partial charge in [-0.25, -0.2) is 0 Å². The normalized spacial score (nSPS) is 19.9. The molecule has 2 aromatic carbocycles. The Morgan fingerprint density at radius 1 is 0.788 bits per heavy atom. The quantitative estimate of drug-likeness (QED) is 0.608. The van der Waals surface area contributed by atoms with Crippen molar-refractivity contribution in [1.82, 2.24) is 9.80 Å². The van der Waals surface area contributed by atoms with Gasteiger partial charge in [0.25, 0.3) is 0 Å². The number of ketones is 1. The predicted octanol–water partition coefficient (Wildman–Crippen LogP) is 5.06. The lowest BCUT2D eigenvalue weighted by Crippen LogP contribution is -2.43. The Hall–Kier alpha value is -2.98. The molecule has 2 heterocycles. The van der Waals surface area contributed by atoms with E-state index in [-0.39, 0.29) is 11.7 Å². The number of Topliss-reactive ketones (excluding diaryl/α,β-unsaturated/α-hetero) is 1. The molecule has 2 aliphatic rings. The van der Waals surface area contributed by atoms with Gasteiger partial charge in [-0.1, -0.05) is 66.1 Å². The molecule has 0 radical (unpaired) electrons. The number of hydrogen-bond acceptors (Lipinski definition) is 3. The second-order valence-electron chi connectivity index (χ2n) is 9.39. The van der Waals surface area contributed by atoms with E-state index in [2.05, 4.69) is 4.90 Å². The third-order valence-electron chi connectivity index (χ3n) is 6.59. The predicted molar refractivity (Wildman–Crippen MR) is 135 cm³/mol. The summed E-state index contributed by atoms with van der Waals surface area (Å²) in [4.78, 5) is 30.8. The molecular weight excluding hydrogens is 408 g/mol. The highest BCUT2D eigenvalue weighted by molar-refractivity contribution is 6.15. The van der Waals surface area contributed by atoms with Gasteiger partial charge in [0, 0.05) is 37.2 Å². The number of carbonyl (C=O) groups excluding carboxylic acids is 2. The average Bonchev–Trinajstić information content (AvgIpc) is 2.83. The van der Waals surface area contributed by atoms with Gasteiger partial charge in [0.1, 0.15) is 0 Å². The van der Waals surface area contributed by atoms with E-state index in [9.17, 15) is 9.59 Å². The molecule has 0 unspecified atom stereocenters. The second kappa shape index (κ2) is 10.8. The largest absolute Gasteiger partial charge is 0.334 e. The summed E-state index contributed by atoms with van der Waals surface area (Å²) in [5.74, 6) is 0.161. The van der Waals surface area contributed by atoms with Crippen molar-refractivity contribution >= 4 is 23.8 Å². The zero-order valence-corrected chi connectivity index (χ0v) is 19.8. The molecule has 2 aliphatic heterocycles. The second-order valence-corrected chi connectivity index (χ2v) is 9.39. The lowest BCUT2D eigenvalue weighted by molar-refractivity contribution is -0.131. The molecule has 0 spiro atoms. The summed E-state index contributed by atoms with van der Waals surface area (Å²) in [5.41, 5.74) is 5.69. The van der Waals surface area contributed by atoms with Crippen LogP contribution in [0.25, 0.3) is 12.2 Å². The Morgan fingerprint density at radius 3 is 1.76 bits per heavy atom. The first-order valence-electron chi connectivity index (χ1n) is 12.1. The van der Waals surface area contributed by atoms with Crippen molar-refractivity contribution in [3.05, 3.63) is 81.9 Å². The van der Waals surface area contributed by atoms with Crippen LogP contribution in [0.1, 0.15) is 47.9 Å². The number of hydrogen-bond donors (Lipinski definition) is 0. The maximum atomic E-state index is 13.4. The van der Waals surface area contributed by atoms with E-state index in [1.807, 2.05) is 79.4 Å². The Morgan fingerprint density at radius 2 is 1.27 bits per heavy atom. The summed E-state index contributed by atoms with van der Waals surface area (Å²) in [5, 5.41) is 0. The fourth-order valence-electron chi connectivity index (χ4n) is 4.54. The minimum atomic E-state index is 0.0382. The molecule has 4 heteroatoms. The monoisotopic (exact) mass is 442 g/mol. The maximum Gasteiger partial charge on any atom is 0.224 e. The third-order valence-corrected chi connectivity index (χ3v) is 6.59. The summed E-state index contributed by atoms with van der Waals surface area (Å²) in [7, 11) is 0. The molecule has 33 heavy (non-hydrogen) atoms. The number of amides is 1. The molecule has 2 saturated heterocycles. The molecule has 4 rings (SSSR count). The number of carbonyl (C=O) groups is 2. The Bertz CT molecular complexity index is 975. The molecule has 4 nitrogen and oxygen atoms in total. The Kier molecular flexibility index (Phi) is 7.56. The highest BCUT2D eigenvalue weighted by Gasteiger charge is 2.29. The lowest BCUT2D eigenvalue weighted by atomic mass is 9.93. The van der Waals surface area contributed by atoms with Crippen molar-refractivity contribution in [2.45, 2.75) is 39.5 Å². The summed E-state index contributed by atoms with van der Waals surface area (Å²) >= 11 is 0. The fraction of sp³-hybridized carbons (Fsp3) is 0.379. The van der Waals surface area contributed by atoms with Crippen LogP contribution in [0.2, 0.25) is 0 Å². The van der Waals surface area contributed by atoms with Gasteiger partial charge in [0.15, 0.2) is 5.78 Å². The highest BCUT2D eigenvalue weighted by Crippen LogP contribution is 2.23. The highest BCUT2D eigenvalue weighted by atomic mass is 16.2. The van der Waals surface area contributed by atoms with Crippen molar-refractivity contribution in [1.29, 1.82) is 0 Å². The van der Waals surface area contributed by atoms with Crippen LogP contribution in [0.4, 0.5) is 0 Å². The van der Waals surface area contributed by atoms with Crippen molar-refractivity contribution in [3.63, 3.8) is 0 Å². The van der Waals surface area contributed by atoms with Gasteiger partial charge in [-0.3, -0.25) is 9.59 Å². The van der Waals surface area contributed by atoms with E-state index in [0.29, 0.717) is 30.7 Å². The van der Waals surface area contributed by atoms with Crippen molar-refractivity contribution < 1.29 is 9.59 Å². The third kappa shape index (κ3) is 6.29. The lowest BCUT2D eigenvalue weighted by Gasteiger charge is -2.31. The smallest absolute Gasteiger partial charge is 0.224 e. The van der Waals surface area contributed by atoms with E-state index >= 15 is 0 Å². The topological polar surface area (TPSA) is 40.6 Å². The molecule has 2 aromatic rings. The van der Waals surface area contributed by atoms with Crippen molar-refractivity contribution in [2.24, 2.45) is 0 Å². The molecule has 0 atom stereocenters. The maximum absolute atomic E-state index is 13.4. The van der Waals surface area contributed by atoms with Gasteiger partial charge < -0.3 is 9.80 Å². The van der Waals surface area contributed by atoms with E-state index in [4.69, 9.17) is 0 Å². The van der Waals surface area contributed by atoms with Crippen LogP contribution in [0.15, 0.2) is 59.7 Å². The summed E-state index contributed by atoms with van der Waals surface area (Å²) in [6.07, 6.45) is 8.12. The van der Waals surface area contributed by atoms with Gasteiger partial charge in [-0.2, -0.15) is 0 Å². The van der Waals surface area contributed by atoms with Gasteiger partial charge in [-0.05, 0) is 63.1 Å². The number of rotatable bonds is 5. The Balaban J connectivity index is 1.56. The van der Waals surface area contributed by atoms with Crippen LogP contribution in [-0.4, -0.2) is 54.2 Å². The van der Waals surface area contributed by atoms with E-state index < -0.39 is 0 Å². The number of likely N-dealkylation sites (tertiary alicyclic amines) is 2. The first-order chi connectivity index (χ1) is 16.0. The Labute approximate surface area is 197 Å². The van der Waals surface area contributed by atoms with Crippen LogP contribution in [0.5, 0.6) is 0 Å². The first kappa shape index (κ1) is 23.2. The fourth-order valence-corrected chi connectivity index (χ4v) is 4.54. The first-order valence-corrected chi connectivity index (χ1v) is 12.1. The molecule has 2 fully saturated rings. The zero-order chi connectivity index (χ0) is 23.2. The standard InChI is InChI=1S/C29H34N2O2/c1-22-6-10-24(11-7-22)18-26-20-31(28(32)14-17-30-15-4-3-5-16-30)21-27(29(26)33)19-25-12-8-23(2)9-13-25/h6-13,18-19H,3-5,14-17,20-21H2,1-2H3/b26-18+,27-19+. The van der Waals surface area contributed by atoms with Crippen LogP contribution in [0.3, 0.4) is 0 Å². The van der Waals surface area contributed by atoms with Crippen molar-refractivity contribution in [2.75, 3.05) is 32.7 Å². The average molecular weight is 443 g/mol. The minimum Gasteiger partial charge on any atom is -0.334 e. The summed E-state index contributed by atoms with van der Waals surface area (Å²) < 4.78 is 0. The molecule has 0 saturated carbocycles.